The van der Waals surface area contributed by atoms with Crippen LogP contribution in [0.25, 0.3) is 0 Å². The lowest BCUT2D eigenvalue weighted by molar-refractivity contribution is -0.126. The third-order valence-corrected chi connectivity index (χ3v) is 8.44. The molecule has 8 nitrogen and oxygen atoms in total. The molecular formula is C18H29N3O5S2. The first kappa shape index (κ1) is 22.8. The van der Waals surface area contributed by atoms with Crippen molar-refractivity contribution in [2.45, 2.75) is 44.2 Å². The Balaban J connectivity index is 1.91. The van der Waals surface area contributed by atoms with Crippen molar-refractivity contribution in [2.24, 2.45) is 5.92 Å². The van der Waals surface area contributed by atoms with Gasteiger partial charge in [0.25, 0.3) is 0 Å². The van der Waals surface area contributed by atoms with E-state index in [4.69, 9.17) is 0 Å². The molecule has 28 heavy (non-hydrogen) atoms. The first-order chi connectivity index (χ1) is 12.9. The van der Waals surface area contributed by atoms with Crippen LogP contribution in [0.4, 0.5) is 0 Å². The highest BCUT2D eigenvalue weighted by Gasteiger charge is 2.28. The Morgan fingerprint density at radius 1 is 1.14 bits per heavy atom. The Bertz CT molecular complexity index is 888. The molecule has 1 amide bonds. The lowest BCUT2D eigenvalue weighted by Crippen LogP contribution is -2.42. The van der Waals surface area contributed by atoms with E-state index in [-0.39, 0.29) is 22.8 Å². The first-order valence-electron chi connectivity index (χ1n) is 9.22. The largest absolute Gasteiger partial charge is 0.352 e. The lowest BCUT2D eigenvalue weighted by Gasteiger charge is -2.29. The fourth-order valence-electron chi connectivity index (χ4n) is 3.01. The highest BCUT2D eigenvalue weighted by molar-refractivity contribution is 7.89. The number of carbonyl (C=O) groups is 1. The van der Waals surface area contributed by atoms with Crippen LogP contribution < -0.4 is 5.32 Å². The van der Waals surface area contributed by atoms with Gasteiger partial charge in [0, 0.05) is 38.6 Å². The molecule has 1 aliphatic heterocycles. The maximum Gasteiger partial charge on any atom is 0.243 e. The standard InChI is InChI=1S/C18H29N3O5S2/c1-14(2)20(3)28(25,26)17-7-5-15(6-8-17)13-19-18(22)16-9-11-21(12-10-16)27(4,23)24/h5-8,14,16H,9-13H2,1-4H3,(H,19,22). The number of nitrogens with zero attached hydrogens (tertiary/aromatic N) is 2. The molecule has 0 aliphatic carbocycles. The molecule has 1 aromatic rings. The summed E-state index contributed by atoms with van der Waals surface area (Å²) in [5.41, 5.74) is 0.799. The van der Waals surface area contributed by atoms with Gasteiger partial charge in [0.05, 0.1) is 11.2 Å². The number of hydrogen-bond donors (Lipinski definition) is 1. The quantitative estimate of drug-likeness (QED) is 0.694. The van der Waals surface area contributed by atoms with Crippen LogP contribution in [0.2, 0.25) is 0 Å². The van der Waals surface area contributed by atoms with Crippen LogP contribution in [0, 0.1) is 5.92 Å². The Kier molecular flexibility index (Phi) is 7.24. The minimum Gasteiger partial charge on any atom is -0.352 e. The minimum atomic E-state index is -3.53. The van der Waals surface area contributed by atoms with E-state index in [2.05, 4.69) is 5.32 Å². The first-order valence-corrected chi connectivity index (χ1v) is 12.5. The van der Waals surface area contributed by atoms with Gasteiger partial charge in [0.2, 0.25) is 26.0 Å². The summed E-state index contributed by atoms with van der Waals surface area (Å²) in [4.78, 5) is 12.6. The number of piperidine rings is 1. The van der Waals surface area contributed by atoms with Crippen LogP contribution >= 0.6 is 0 Å². The summed E-state index contributed by atoms with van der Waals surface area (Å²) in [5, 5.41) is 2.85. The normalized spacial score (nSPS) is 17.2. The monoisotopic (exact) mass is 431 g/mol. The SMILES string of the molecule is CC(C)N(C)S(=O)(=O)c1ccc(CNC(=O)C2CCN(S(C)(=O)=O)CC2)cc1. The van der Waals surface area contributed by atoms with Crippen molar-refractivity contribution in [2.75, 3.05) is 26.4 Å². The fraction of sp³-hybridized carbons (Fsp3) is 0.611. The van der Waals surface area contributed by atoms with E-state index in [9.17, 15) is 21.6 Å². The molecule has 1 fully saturated rings. The summed E-state index contributed by atoms with van der Waals surface area (Å²) in [6.45, 7) is 4.62. The van der Waals surface area contributed by atoms with Crippen molar-refractivity contribution in [3.05, 3.63) is 29.8 Å². The van der Waals surface area contributed by atoms with Gasteiger partial charge < -0.3 is 5.32 Å². The summed E-state index contributed by atoms with van der Waals surface area (Å²) < 4.78 is 50.7. The maximum atomic E-state index is 12.5. The van der Waals surface area contributed by atoms with Gasteiger partial charge in [-0.2, -0.15) is 4.31 Å². The summed E-state index contributed by atoms with van der Waals surface area (Å²) in [5.74, 6) is -0.318. The molecule has 0 atom stereocenters. The van der Waals surface area contributed by atoms with Gasteiger partial charge in [-0.1, -0.05) is 12.1 Å². The van der Waals surface area contributed by atoms with Crippen LogP contribution in [-0.2, 0) is 31.4 Å². The second-order valence-electron chi connectivity index (χ2n) is 7.41. The van der Waals surface area contributed by atoms with E-state index in [1.807, 2.05) is 13.8 Å². The topological polar surface area (TPSA) is 104 Å². The fourth-order valence-corrected chi connectivity index (χ4v) is 5.25. The Labute approximate surface area is 168 Å². The molecule has 0 aromatic heterocycles. The molecule has 1 aromatic carbocycles. The van der Waals surface area contributed by atoms with Gasteiger partial charge in [0.1, 0.15) is 0 Å². The summed E-state index contributed by atoms with van der Waals surface area (Å²) >= 11 is 0. The zero-order valence-electron chi connectivity index (χ0n) is 16.8. The number of benzene rings is 1. The Morgan fingerprint density at radius 3 is 2.14 bits per heavy atom. The van der Waals surface area contributed by atoms with E-state index in [1.54, 1.807) is 31.3 Å². The highest BCUT2D eigenvalue weighted by Crippen LogP contribution is 2.20. The molecule has 1 aliphatic rings. The zero-order chi connectivity index (χ0) is 21.1. The van der Waals surface area contributed by atoms with Crippen molar-refractivity contribution in [1.29, 1.82) is 0 Å². The molecule has 1 heterocycles. The van der Waals surface area contributed by atoms with Crippen molar-refractivity contribution in [1.82, 2.24) is 13.9 Å². The van der Waals surface area contributed by atoms with Crippen molar-refractivity contribution >= 4 is 26.0 Å². The maximum absolute atomic E-state index is 12.5. The summed E-state index contributed by atoms with van der Waals surface area (Å²) in [6, 6.07) is 6.32. The minimum absolute atomic E-state index is 0.107. The molecule has 0 radical (unpaired) electrons. The van der Waals surface area contributed by atoms with E-state index in [1.165, 1.54) is 14.9 Å². The molecular weight excluding hydrogens is 402 g/mol. The molecule has 0 saturated carbocycles. The zero-order valence-corrected chi connectivity index (χ0v) is 18.4. The third kappa shape index (κ3) is 5.53. The van der Waals surface area contributed by atoms with Crippen LogP contribution in [-0.4, -0.2) is 63.8 Å². The number of rotatable bonds is 7. The van der Waals surface area contributed by atoms with Crippen molar-refractivity contribution < 1.29 is 21.6 Å². The predicted octanol–water partition coefficient (Wildman–Crippen LogP) is 1.00. The molecule has 0 bridgehead atoms. The molecule has 158 valence electrons. The van der Waals surface area contributed by atoms with Crippen LogP contribution in [0.1, 0.15) is 32.3 Å². The molecule has 1 N–H and O–H groups in total. The molecule has 0 spiro atoms. The average Bonchev–Trinajstić information content (AvgIpc) is 2.65. The van der Waals surface area contributed by atoms with Crippen LogP contribution in [0.15, 0.2) is 29.2 Å². The van der Waals surface area contributed by atoms with Gasteiger partial charge in [-0.25, -0.2) is 21.1 Å². The molecule has 10 heteroatoms. The van der Waals surface area contributed by atoms with E-state index in [0.29, 0.717) is 32.5 Å². The molecule has 1 saturated heterocycles. The van der Waals surface area contributed by atoms with Crippen LogP contribution in [0.3, 0.4) is 0 Å². The number of carbonyl (C=O) groups excluding carboxylic acids is 1. The number of sulfonamides is 2. The van der Waals surface area contributed by atoms with Crippen LogP contribution in [0.5, 0.6) is 0 Å². The summed E-state index contributed by atoms with van der Waals surface area (Å²) in [6.07, 6.45) is 2.17. The van der Waals surface area contributed by atoms with Crippen molar-refractivity contribution in [3.8, 4) is 0 Å². The highest BCUT2D eigenvalue weighted by atomic mass is 32.2. The van der Waals surface area contributed by atoms with Gasteiger partial charge in [-0.05, 0) is 44.4 Å². The average molecular weight is 432 g/mol. The van der Waals surface area contributed by atoms with E-state index < -0.39 is 20.0 Å². The second kappa shape index (κ2) is 8.89. The van der Waals surface area contributed by atoms with Gasteiger partial charge in [0.15, 0.2) is 0 Å². The van der Waals surface area contributed by atoms with E-state index in [0.717, 1.165) is 5.56 Å². The molecule has 2 rings (SSSR count). The van der Waals surface area contributed by atoms with Crippen molar-refractivity contribution in [3.63, 3.8) is 0 Å². The van der Waals surface area contributed by atoms with Gasteiger partial charge >= 0.3 is 0 Å². The summed E-state index contributed by atoms with van der Waals surface area (Å²) in [7, 11) is -5.19. The Morgan fingerprint density at radius 2 is 1.68 bits per heavy atom. The predicted molar refractivity (Wildman–Crippen MR) is 108 cm³/mol. The number of nitrogens with one attached hydrogen (secondary N) is 1. The lowest BCUT2D eigenvalue weighted by atomic mass is 9.97. The smallest absolute Gasteiger partial charge is 0.243 e. The third-order valence-electron chi connectivity index (χ3n) is 5.09. The number of amides is 1. The van der Waals surface area contributed by atoms with Gasteiger partial charge in [-0.3, -0.25) is 4.79 Å². The second-order valence-corrected chi connectivity index (χ2v) is 11.4. The van der Waals surface area contributed by atoms with E-state index >= 15 is 0 Å². The van der Waals surface area contributed by atoms with Gasteiger partial charge in [-0.15, -0.1) is 0 Å². The Hall–Kier alpha value is -1.49. The molecule has 0 unspecified atom stereocenters. The number of hydrogen-bond acceptors (Lipinski definition) is 5.